The van der Waals surface area contributed by atoms with Crippen molar-refractivity contribution in [2.75, 3.05) is 6.54 Å². The van der Waals surface area contributed by atoms with Crippen molar-refractivity contribution in [1.29, 1.82) is 0 Å². The molecular weight excluding hydrogens is 586 g/mol. The Bertz CT molecular complexity index is 1160. The summed E-state index contributed by atoms with van der Waals surface area (Å²) in [5.41, 5.74) is 3.18. The highest BCUT2D eigenvalue weighted by atomic mass is 127. The van der Waals surface area contributed by atoms with E-state index in [-0.39, 0.29) is 6.04 Å². The number of hydrogen-bond acceptors (Lipinski definition) is 2. The fourth-order valence-corrected chi connectivity index (χ4v) is 7.00. The molecule has 3 aromatic rings. The maximum Gasteiger partial charge on any atom is 0.244 e. The van der Waals surface area contributed by atoms with Crippen LogP contribution in [-0.2, 0) is 17.1 Å². The van der Waals surface area contributed by atoms with Crippen molar-refractivity contribution >= 4 is 66.1 Å². The second-order valence-corrected chi connectivity index (χ2v) is 11.1. The number of halogens is 2. The molecule has 0 N–H and O–H groups in total. The van der Waals surface area contributed by atoms with E-state index in [2.05, 4.69) is 68.1 Å². The highest BCUT2D eigenvalue weighted by Gasteiger charge is 2.41. The first-order chi connectivity index (χ1) is 12.8. The van der Waals surface area contributed by atoms with Gasteiger partial charge in [0.05, 0.1) is 10.9 Å². The van der Waals surface area contributed by atoms with Gasteiger partial charge < -0.3 is 4.57 Å². The van der Waals surface area contributed by atoms with Gasteiger partial charge in [-0.15, -0.1) is 0 Å². The van der Waals surface area contributed by atoms with Gasteiger partial charge in [-0.25, -0.2) is 8.42 Å². The number of aryl methyl sites for hydroxylation is 2. The Balaban J connectivity index is 1.88. The smallest absolute Gasteiger partial charge is 0.244 e. The first-order valence-electron chi connectivity index (χ1n) is 8.47. The van der Waals surface area contributed by atoms with E-state index in [1.165, 1.54) is 0 Å². The molecule has 0 fully saturated rings. The van der Waals surface area contributed by atoms with Gasteiger partial charge in [0.2, 0.25) is 10.0 Å². The maximum atomic E-state index is 13.4. The zero-order chi connectivity index (χ0) is 19.3. The standard InChI is InChI=1S/C20H18I2N2O2S/c1-13-7-9-14(10-8-13)27(25,26)24-12-17(21)19(22)20(24)16-11-23(2)18-6-4-3-5-15(16)18/h3-11,20H,12H2,1-2H3. The lowest BCUT2D eigenvalue weighted by Gasteiger charge is -2.25. The second-order valence-electron chi connectivity index (χ2n) is 6.73. The Labute approximate surface area is 186 Å². The van der Waals surface area contributed by atoms with Gasteiger partial charge in [0.25, 0.3) is 0 Å². The average molecular weight is 604 g/mol. The molecule has 7 heteroatoms. The molecule has 2 heterocycles. The van der Waals surface area contributed by atoms with Crippen LogP contribution in [0.4, 0.5) is 0 Å². The largest absolute Gasteiger partial charge is 0.350 e. The SMILES string of the molecule is Cc1ccc(S(=O)(=O)N2CC(I)=C(I)C2c2cn(C)c3ccccc23)cc1. The summed E-state index contributed by atoms with van der Waals surface area (Å²) in [4.78, 5) is 0.341. The van der Waals surface area contributed by atoms with Crippen LogP contribution in [0.2, 0.25) is 0 Å². The predicted octanol–water partition coefficient (Wildman–Crippen LogP) is 5.31. The van der Waals surface area contributed by atoms with Gasteiger partial charge >= 0.3 is 0 Å². The Hall–Kier alpha value is -0.910. The Kier molecular flexibility index (Phi) is 5.15. The number of fused-ring (bicyclic) bond motifs is 1. The minimum absolute atomic E-state index is 0.296. The van der Waals surface area contributed by atoms with Gasteiger partial charge in [0, 0.05) is 43.4 Å². The van der Waals surface area contributed by atoms with Crippen molar-refractivity contribution in [1.82, 2.24) is 8.87 Å². The Morgan fingerprint density at radius 3 is 2.41 bits per heavy atom. The lowest BCUT2D eigenvalue weighted by atomic mass is 10.1. The number of sulfonamides is 1. The second kappa shape index (κ2) is 7.16. The molecule has 1 aromatic heterocycles. The third-order valence-electron chi connectivity index (χ3n) is 4.93. The summed E-state index contributed by atoms with van der Waals surface area (Å²) in [5, 5.41) is 1.09. The average Bonchev–Trinajstić information content (AvgIpc) is 3.13. The number of nitrogens with zero attached hydrogens (tertiary/aromatic N) is 2. The molecule has 27 heavy (non-hydrogen) atoms. The molecular formula is C20H18I2N2O2S. The maximum absolute atomic E-state index is 13.4. The number of para-hydroxylation sites is 1. The summed E-state index contributed by atoms with van der Waals surface area (Å²) in [6.07, 6.45) is 2.06. The zero-order valence-electron chi connectivity index (χ0n) is 14.9. The Morgan fingerprint density at radius 2 is 1.70 bits per heavy atom. The van der Waals surface area contributed by atoms with Crippen LogP contribution in [0, 0.1) is 6.92 Å². The minimum atomic E-state index is -3.61. The van der Waals surface area contributed by atoms with Gasteiger partial charge in [-0.1, -0.05) is 35.9 Å². The van der Waals surface area contributed by atoms with Crippen LogP contribution in [0.3, 0.4) is 0 Å². The molecule has 0 saturated heterocycles. The van der Waals surface area contributed by atoms with Gasteiger partial charge in [-0.2, -0.15) is 4.31 Å². The fraction of sp³-hybridized carbons (Fsp3) is 0.200. The van der Waals surface area contributed by atoms with Crippen LogP contribution < -0.4 is 0 Å². The quantitative estimate of drug-likeness (QED) is 0.381. The van der Waals surface area contributed by atoms with Gasteiger partial charge in [0.1, 0.15) is 0 Å². The van der Waals surface area contributed by atoms with Crippen LogP contribution in [-0.4, -0.2) is 23.8 Å². The first kappa shape index (κ1) is 19.4. The molecule has 0 radical (unpaired) electrons. The first-order valence-corrected chi connectivity index (χ1v) is 12.1. The fourth-order valence-electron chi connectivity index (χ4n) is 3.53. The summed E-state index contributed by atoms with van der Waals surface area (Å²) in [6, 6.07) is 14.9. The lowest BCUT2D eigenvalue weighted by molar-refractivity contribution is 0.418. The minimum Gasteiger partial charge on any atom is -0.350 e. The molecule has 0 bridgehead atoms. The van der Waals surface area contributed by atoms with E-state index < -0.39 is 10.0 Å². The van der Waals surface area contributed by atoms with Crippen LogP contribution >= 0.6 is 45.2 Å². The number of rotatable bonds is 3. The van der Waals surface area contributed by atoms with Crippen molar-refractivity contribution in [3.63, 3.8) is 0 Å². The molecule has 4 nitrogen and oxygen atoms in total. The highest BCUT2D eigenvalue weighted by molar-refractivity contribution is 14.1. The van der Waals surface area contributed by atoms with Crippen molar-refractivity contribution in [3.8, 4) is 0 Å². The molecule has 140 valence electrons. The van der Waals surface area contributed by atoms with Gasteiger partial charge in [0.15, 0.2) is 0 Å². The third-order valence-corrected chi connectivity index (χ3v) is 9.95. The molecule has 0 aliphatic carbocycles. The van der Waals surface area contributed by atoms with Crippen molar-refractivity contribution in [2.24, 2.45) is 7.05 Å². The molecule has 1 unspecified atom stereocenters. The predicted molar refractivity (Wildman–Crippen MR) is 126 cm³/mol. The van der Waals surface area contributed by atoms with Gasteiger partial charge in [-0.3, -0.25) is 0 Å². The van der Waals surface area contributed by atoms with E-state index in [0.717, 1.165) is 29.2 Å². The van der Waals surface area contributed by atoms with E-state index in [4.69, 9.17) is 0 Å². The molecule has 4 rings (SSSR count). The van der Waals surface area contributed by atoms with Crippen molar-refractivity contribution in [3.05, 3.63) is 73.0 Å². The van der Waals surface area contributed by atoms with Crippen LogP contribution in [0.25, 0.3) is 10.9 Å². The summed E-state index contributed by atoms with van der Waals surface area (Å²) >= 11 is 4.57. The Morgan fingerprint density at radius 1 is 1.04 bits per heavy atom. The monoisotopic (exact) mass is 604 g/mol. The zero-order valence-corrected chi connectivity index (χ0v) is 20.0. The number of benzene rings is 2. The summed E-state index contributed by atoms with van der Waals surface area (Å²) in [6.45, 7) is 2.36. The van der Waals surface area contributed by atoms with E-state index in [9.17, 15) is 8.42 Å². The van der Waals surface area contributed by atoms with E-state index in [1.807, 2.05) is 38.2 Å². The number of hydrogen-bond donors (Lipinski definition) is 0. The lowest BCUT2D eigenvalue weighted by Crippen LogP contribution is -2.32. The topological polar surface area (TPSA) is 42.3 Å². The molecule has 1 aliphatic heterocycles. The molecule has 0 amide bonds. The van der Waals surface area contributed by atoms with Crippen LogP contribution in [0.1, 0.15) is 17.2 Å². The van der Waals surface area contributed by atoms with Crippen LogP contribution in [0.5, 0.6) is 0 Å². The van der Waals surface area contributed by atoms with E-state index >= 15 is 0 Å². The highest BCUT2D eigenvalue weighted by Crippen LogP contribution is 2.47. The van der Waals surface area contributed by atoms with Gasteiger partial charge in [-0.05, 0) is 70.3 Å². The molecule has 1 aliphatic rings. The van der Waals surface area contributed by atoms with Crippen LogP contribution in [0.15, 0.2) is 66.8 Å². The van der Waals surface area contributed by atoms with Crippen molar-refractivity contribution in [2.45, 2.75) is 17.9 Å². The summed E-state index contributed by atoms with van der Waals surface area (Å²) < 4.78 is 32.7. The van der Waals surface area contributed by atoms with E-state index in [1.54, 1.807) is 16.4 Å². The normalized spacial score (nSPS) is 18.6. The molecule has 1 atom stereocenters. The molecule has 0 saturated carbocycles. The van der Waals surface area contributed by atoms with Crippen molar-refractivity contribution < 1.29 is 8.42 Å². The third kappa shape index (κ3) is 3.26. The molecule has 2 aromatic carbocycles. The van der Waals surface area contributed by atoms with E-state index in [0.29, 0.717) is 11.4 Å². The molecule has 0 spiro atoms. The number of aromatic nitrogens is 1. The summed E-state index contributed by atoms with van der Waals surface area (Å²) in [7, 11) is -1.60. The summed E-state index contributed by atoms with van der Waals surface area (Å²) in [5.74, 6) is 0.